The van der Waals surface area contributed by atoms with Gasteiger partial charge in [0.2, 0.25) is 0 Å². The van der Waals surface area contributed by atoms with E-state index in [0.717, 1.165) is 21.9 Å². The van der Waals surface area contributed by atoms with Crippen molar-refractivity contribution in [1.82, 2.24) is 19.8 Å². The van der Waals surface area contributed by atoms with E-state index in [0.29, 0.717) is 35.2 Å². The number of fused-ring (bicyclic) bond motifs is 2. The van der Waals surface area contributed by atoms with E-state index in [-0.39, 0.29) is 11.5 Å². The van der Waals surface area contributed by atoms with Gasteiger partial charge >= 0.3 is 0 Å². The van der Waals surface area contributed by atoms with Crippen LogP contribution in [-0.4, -0.2) is 58.2 Å². The Morgan fingerprint density at radius 2 is 1.10 bits per heavy atom. The lowest BCUT2D eigenvalue weighted by atomic mass is 9.92. The number of aromatic hydroxyl groups is 2. The summed E-state index contributed by atoms with van der Waals surface area (Å²) in [6, 6.07) is 11.6. The Kier molecular flexibility index (Phi) is 5.28. The summed E-state index contributed by atoms with van der Waals surface area (Å²) in [7, 11) is 7.83. The lowest BCUT2D eigenvalue weighted by Gasteiger charge is -2.20. The molecule has 2 N–H and O–H groups in total. The molecule has 0 amide bonds. The van der Waals surface area contributed by atoms with Crippen molar-refractivity contribution in [3.63, 3.8) is 0 Å². The molecule has 0 saturated heterocycles. The zero-order chi connectivity index (χ0) is 21.4. The third-order valence-electron chi connectivity index (χ3n) is 5.12. The molecule has 0 aliphatic rings. The molecule has 6 heteroatoms. The molecule has 30 heavy (non-hydrogen) atoms. The second kappa shape index (κ2) is 7.89. The average molecular weight is 402 g/mol. The lowest BCUT2D eigenvalue weighted by Crippen LogP contribution is -2.12. The van der Waals surface area contributed by atoms with Gasteiger partial charge in [0, 0.05) is 47.4 Å². The van der Waals surface area contributed by atoms with E-state index in [2.05, 4.69) is 9.97 Å². The number of aromatic nitrogens is 2. The van der Waals surface area contributed by atoms with Crippen LogP contribution >= 0.6 is 0 Å². The highest BCUT2D eigenvalue weighted by Crippen LogP contribution is 2.46. The molecule has 2 heterocycles. The quantitative estimate of drug-likeness (QED) is 0.526. The summed E-state index contributed by atoms with van der Waals surface area (Å²) < 4.78 is 0. The maximum Gasteiger partial charge on any atom is 0.130 e. The fraction of sp³-hybridized carbons (Fsp3) is 0.250. The van der Waals surface area contributed by atoms with Gasteiger partial charge in [-0.2, -0.15) is 0 Å². The fourth-order valence-electron chi connectivity index (χ4n) is 3.94. The summed E-state index contributed by atoms with van der Waals surface area (Å²) in [5.74, 6) is 0.248. The van der Waals surface area contributed by atoms with Crippen molar-refractivity contribution in [2.75, 3.05) is 28.2 Å². The van der Waals surface area contributed by atoms with Gasteiger partial charge in [0.05, 0.1) is 22.2 Å². The van der Waals surface area contributed by atoms with Crippen LogP contribution in [0.5, 0.6) is 11.5 Å². The molecule has 4 rings (SSSR count). The molecule has 0 aliphatic carbocycles. The van der Waals surface area contributed by atoms with Crippen LogP contribution in [0, 0.1) is 0 Å². The van der Waals surface area contributed by atoms with Crippen LogP contribution < -0.4 is 0 Å². The van der Waals surface area contributed by atoms with E-state index in [9.17, 15) is 10.2 Å². The Hall–Kier alpha value is -3.22. The summed E-state index contributed by atoms with van der Waals surface area (Å²) in [5.41, 5.74) is 3.87. The third-order valence-corrected chi connectivity index (χ3v) is 5.12. The maximum absolute atomic E-state index is 11.3. The first-order valence-corrected chi connectivity index (χ1v) is 9.85. The molecule has 0 aliphatic heterocycles. The predicted molar refractivity (Wildman–Crippen MR) is 121 cm³/mol. The van der Waals surface area contributed by atoms with Crippen molar-refractivity contribution in [3.8, 4) is 22.6 Å². The second-order valence-corrected chi connectivity index (χ2v) is 8.14. The van der Waals surface area contributed by atoms with E-state index in [1.54, 1.807) is 12.4 Å². The summed E-state index contributed by atoms with van der Waals surface area (Å²) in [6.45, 7) is 1.13. The van der Waals surface area contributed by atoms with E-state index >= 15 is 0 Å². The third kappa shape index (κ3) is 3.56. The van der Waals surface area contributed by atoms with E-state index in [1.807, 2.05) is 74.4 Å². The van der Waals surface area contributed by atoms with Gasteiger partial charge in [-0.3, -0.25) is 9.97 Å². The van der Waals surface area contributed by atoms with Gasteiger partial charge in [-0.15, -0.1) is 0 Å². The number of pyridine rings is 2. The summed E-state index contributed by atoms with van der Waals surface area (Å²) in [5, 5.41) is 24.5. The topological polar surface area (TPSA) is 72.7 Å². The first-order chi connectivity index (χ1) is 14.4. The Bertz CT molecular complexity index is 1140. The van der Waals surface area contributed by atoms with Gasteiger partial charge in [0.1, 0.15) is 11.5 Å². The molecule has 0 radical (unpaired) electrons. The number of nitrogens with zero attached hydrogens (tertiary/aromatic N) is 4. The number of hydrogen-bond acceptors (Lipinski definition) is 6. The van der Waals surface area contributed by atoms with Crippen molar-refractivity contribution in [2.24, 2.45) is 0 Å². The van der Waals surface area contributed by atoms with Crippen molar-refractivity contribution in [3.05, 3.63) is 59.9 Å². The average Bonchev–Trinajstić information content (AvgIpc) is 2.70. The highest BCUT2D eigenvalue weighted by atomic mass is 16.3. The molecular weight excluding hydrogens is 376 g/mol. The molecule has 0 spiro atoms. The van der Waals surface area contributed by atoms with Gasteiger partial charge in [-0.05, 0) is 52.5 Å². The van der Waals surface area contributed by atoms with E-state index in [4.69, 9.17) is 0 Å². The summed E-state index contributed by atoms with van der Waals surface area (Å²) in [4.78, 5) is 13.1. The molecule has 2 aromatic heterocycles. The number of phenols is 2. The lowest BCUT2D eigenvalue weighted by molar-refractivity contribution is 0.385. The molecule has 0 unspecified atom stereocenters. The number of hydrogen-bond donors (Lipinski definition) is 2. The van der Waals surface area contributed by atoms with E-state index in [1.165, 1.54) is 0 Å². The maximum atomic E-state index is 11.3. The Labute approximate surface area is 176 Å². The van der Waals surface area contributed by atoms with Crippen molar-refractivity contribution < 1.29 is 10.2 Å². The van der Waals surface area contributed by atoms with Crippen LogP contribution in [0.4, 0.5) is 0 Å². The molecule has 0 atom stereocenters. The highest BCUT2D eigenvalue weighted by molar-refractivity contribution is 6.07. The monoisotopic (exact) mass is 402 g/mol. The Balaban J connectivity index is 2.14. The summed E-state index contributed by atoms with van der Waals surface area (Å²) >= 11 is 0. The van der Waals surface area contributed by atoms with Gasteiger partial charge in [-0.1, -0.05) is 12.1 Å². The minimum atomic E-state index is 0.124. The summed E-state index contributed by atoms with van der Waals surface area (Å²) in [6.07, 6.45) is 3.40. The Morgan fingerprint density at radius 1 is 0.700 bits per heavy atom. The molecular formula is C24H26N4O2. The minimum Gasteiger partial charge on any atom is -0.507 e. The zero-order valence-corrected chi connectivity index (χ0v) is 17.7. The first-order valence-electron chi connectivity index (χ1n) is 9.85. The van der Waals surface area contributed by atoms with Crippen LogP contribution in [0.25, 0.3) is 32.9 Å². The van der Waals surface area contributed by atoms with Gasteiger partial charge < -0.3 is 20.0 Å². The molecule has 0 fully saturated rings. The smallest absolute Gasteiger partial charge is 0.130 e. The van der Waals surface area contributed by atoms with Crippen molar-refractivity contribution in [2.45, 2.75) is 13.1 Å². The number of benzene rings is 2. The van der Waals surface area contributed by atoms with Crippen LogP contribution in [0.2, 0.25) is 0 Å². The molecule has 4 aromatic rings. The van der Waals surface area contributed by atoms with Gasteiger partial charge in [0.25, 0.3) is 0 Å². The number of phenolic OH excluding ortho intramolecular Hbond substituents is 2. The van der Waals surface area contributed by atoms with Crippen LogP contribution in [0.15, 0.2) is 48.8 Å². The van der Waals surface area contributed by atoms with Gasteiger partial charge in [0.15, 0.2) is 0 Å². The largest absolute Gasteiger partial charge is 0.507 e. The normalized spacial score (nSPS) is 11.8. The Morgan fingerprint density at radius 3 is 1.47 bits per heavy atom. The molecule has 0 saturated carbocycles. The fourth-order valence-corrected chi connectivity index (χ4v) is 3.94. The van der Waals surface area contributed by atoms with E-state index < -0.39 is 0 Å². The van der Waals surface area contributed by atoms with Gasteiger partial charge in [-0.25, -0.2) is 0 Å². The van der Waals surface area contributed by atoms with Crippen LogP contribution in [-0.2, 0) is 13.1 Å². The SMILES string of the molecule is CN(C)Cc1cc2cccnc2c(-c2c(O)c(CN(C)C)cc3cccnc23)c1O. The number of rotatable bonds is 5. The molecule has 2 aromatic carbocycles. The molecule has 154 valence electrons. The highest BCUT2D eigenvalue weighted by Gasteiger charge is 2.23. The minimum absolute atomic E-state index is 0.124. The first kappa shape index (κ1) is 20.1. The predicted octanol–water partition coefficient (Wildman–Crippen LogP) is 3.98. The standard InChI is InChI=1S/C24H26N4O2/c1-27(2)13-17-11-15-7-5-9-25-21(15)19(23(17)29)20-22-16(8-6-10-26-22)12-18(24(20)30)14-28(3)4/h5-12,29-30H,13-14H2,1-4H3. The zero-order valence-electron chi connectivity index (χ0n) is 17.7. The second-order valence-electron chi connectivity index (χ2n) is 8.14. The van der Waals surface area contributed by atoms with Crippen LogP contribution in [0.3, 0.4) is 0 Å². The molecule has 6 nitrogen and oxygen atoms in total. The van der Waals surface area contributed by atoms with Crippen molar-refractivity contribution >= 4 is 21.8 Å². The molecule has 0 bridgehead atoms. The van der Waals surface area contributed by atoms with Crippen molar-refractivity contribution in [1.29, 1.82) is 0 Å². The van der Waals surface area contributed by atoms with Crippen LogP contribution in [0.1, 0.15) is 11.1 Å².